The van der Waals surface area contributed by atoms with Gasteiger partial charge in [0.15, 0.2) is 5.78 Å². The minimum atomic E-state index is -1.34. The first-order chi connectivity index (χ1) is 11.9. The highest BCUT2D eigenvalue weighted by Gasteiger charge is 2.35. The van der Waals surface area contributed by atoms with Crippen LogP contribution in [0, 0.1) is 0 Å². The molecule has 0 aromatic heterocycles. The molecule has 1 heterocycles. The van der Waals surface area contributed by atoms with Crippen molar-refractivity contribution in [1.82, 2.24) is 4.90 Å². The van der Waals surface area contributed by atoms with Gasteiger partial charge >= 0.3 is 0 Å². The summed E-state index contributed by atoms with van der Waals surface area (Å²) in [6.07, 6.45) is 0. The molecule has 25 heavy (non-hydrogen) atoms. The maximum absolute atomic E-state index is 12.5. The van der Waals surface area contributed by atoms with E-state index in [0.29, 0.717) is 0 Å². The molecule has 0 radical (unpaired) electrons. The number of imide groups is 1. The summed E-state index contributed by atoms with van der Waals surface area (Å²) in [6, 6.07) is 9.39. The van der Waals surface area contributed by atoms with Crippen LogP contribution in [-0.4, -0.2) is 46.7 Å². The van der Waals surface area contributed by atoms with Crippen LogP contribution in [0.15, 0.2) is 42.5 Å². The van der Waals surface area contributed by atoms with Gasteiger partial charge in [0.1, 0.15) is 0 Å². The number of hydrogen-bond acceptors (Lipinski definition) is 6. The SMILES string of the molecule is O=C([O-])c1ccc(C(=O)c2ccc3c(c2)C(=O)N(CCO)C3=O)cc1. The molecule has 1 aliphatic heterocycles. The topological polar surface area (TPSA) is 115 Å². The van der Waals surface area contributed by atoms with Gasteiger partial charge in [0.05, 0.1) is 30.2 Å². The second-order valence-corrected chi connectivity index (χ2v) is 5.44. The molecule has 7 heteroatoms. The number of nitrogens with zero attached hydrogens (tertiary/aromatic N) is 1. The Kier molecular flexibility index (Phi) is 4.16. The molecule has 2 aromatic rings. The Morgan fingerprint density at radius 1 is 0.880 bits per heavy atom. The highest BCUT2D eigenvalue weighted by molar-refractivity contribution is 6.22. The number of carbonyl (C=O) groups is 4. The summed E-state index contributed by atoms with van der Waals surface area (Å²) in [5.41, 5.74) is 0.685. The second kappa shape index (κ2) is 6.29. The van der Waals surface area contributed by atoms with E-state index in [1.807, 2.05) is 0 Å². The number of benzene rings is 2. The van der Waals surface area contributed by atoms with Crippen molar-refractivity contribution in [2.75, 3.05) is 13.2 Å². The number of ketones is 1. The van der Waals surface area contributed by atoms with Crippen LogP contribution in [-0.2, 0) is 0 Å². The Hall–Kier alpha value is -3.32. The third-order valence-electron chi connectivity index (χ3n) is 3.94. The van der Waals surface area contributed by atoms with E-state index in [9.17, 15) is 24.3 Å². The molecule has 1 N–H and O–H groups in total. The van der Waals surface area contributed by atoms with Crippen LogP contribution in [0.3, 0.4) is 0 Å². The largest absolute Gasteiger partial charge is 0.545 e. The highest BCUT2D eigenvalue weighted by Crippen LogP contribution is 2.25. The number of fused-ring (bicyclic) bond motifs is 1. The fraction of sp³-hybridized carbons (Fsp3) is 0.111. The van der Waals surface area contributed by atoms with Crippen molar-refractivity contribution in [1.29, 1.82) is 0 Å². The van der Waals surface area contributed by atoms with Crippen molar-refractivity contribution in [2.24, 2.45) is 0 Å². The van der Waals surface area contributed by atoms with Crippen LogP contribution in [0.1, 0.15) is 47.0 Å². The average Bonchev–Trinajstić information content (AvgIpc) is 2.86. The van der Waals surface area contributed by atoms with Gasteiger partial charge in [-0.05, 0) is 17.7 Å². The van der Waals surface area contributed by atoms with E-state index in [-0.39, 0.29) is 41.0 Å². The molecule has 0 fully saturated rings. The summed E-state index contributed by atoms with van der Waals surface area (Å²) in [6.45, 7) is -0.456. The third-order valence-corrected chi connectivity index (χ3v) is 3.94. The van der Waals surface area contributed by atoms with Crippen LogP contribution >= 0.6 is 0 Å². The van der Waals surface area contributed by atoms with Gasteiger partial charge in [0.2, 0.25) is 0 Å². The molecule has 1 aliphatic rings. The first kappa shape index (κ1) is 16.5. The molecule has 0 saturated heterocycles. The lowest BCUT2D eigenvalue weighted by Gasteiger charge is -2.10. The Morgan fingerprint density at radius 3 is 2.04 bits per heavy atom. The fourth-order valence-corrected chi connectivity index (χ4v) is 2.66. The van der Waals surface area contributed by atoms with Gasteiger partial charge in [-0.2, -0.15) is 0 Å². The zero-order valence-electron chi connectivity index (χ0n) is 12.9. The molecule has 7 nitrogen and oxygen atoms in total. The van der Waals surface area contributed by atoms with E-state index in [4.69, 9.17) is 5.11 Å². The van der Waals surface area contributed by atoms with Crippen LogP contribution in [0.5, 0.6) is 0 Å². The smallest absolute Gasteiger partial charge is 0.261 e. The number of rotatable bonds is 5. The summed E-state index contributed by atoms with van der Waals surface area (Å²) in [7, 11) is 0. The minimum Gasteiger partial charge on any atom is -0.545 e. The summed E-state index contributed by atoms with van der Waals surface area (Å²) in [5.74, 6) is -2.82. The lowest BCUT2D eigenvalue weighted by molar-refractivity contribution is -0.255. The number of aromatic carboxylic acids is 1. The number of carboxylic acid groups (broad SMARTS) is 1. The molecule has 0 aliphatic carbocycles. The van der Waals surface area contributed by atoms with Gasteiger partial charge in [-0.3, -0.25) is 19.3 Å². The summed E-state index contributed by atoms with van der Waals surface area (Å²) in [4.78, 5) is 48.5. The number of aliphatic hydroxyl groups is 1. The Bertz CT molecular complexity index is 900. The van der Waals surface area contributed by atoms with Crippen molar-refractivity contribution in [3.8, 4) is 0 Å². The van der Waals surface area contributed by atoms with Crippen molar-refractivity contribution < 1.29 is 29.4 Å². The number of carbonyl (C=O) groups excluding carboxylic acids is 4. The Balaban J connectivity index is 1.93. The van der Waals surface area contributed by atoms with Crippen LogP contribution in [0.2, 0.25) is 0 Å². The molecule has 0 saturated carbocycles. The third kappa shape index (κ3) is 2.81. The number of hydrogen-bond donors (Lipinski definition) is 1. The van der Waals surface area contributed by atoms with Gasteiger partial charge in [0.25, 0.3) is 11.8 Å². The molecule has 2 aromatic carbocycles. The number of β-amino-alcohol motifs (C(OH)–C–C–N with tert-alkyl or cyclic N) is 1. The predicted octanol–water partition coefficient (Wildman–Crippen LogP) is -0.131. The van der Waals surface area contributed by atoms with Gasteiger partial charge in [-0.1, -0.05) is 30.3 Å². The van der Waals surface area contributed by atoms with Gasteiger partial charge < -0.3 is 15.0 Å². The first-order valence-electron chi connectivity index (χ1n) is 7.41. The Morgan fingerprint density at radius 2 is 1.44 bits per heavy atom. The lowest BCUT2D eigenvalue weighted by Crippen LogP contribution is -2.32. The normalized spacial score (nSPS) is 13.1. The van der Waals surface area contributed by atoms with Crippen molar-refractivity contribution in [3.63, 3.8) is 0 Å². The molecule has 0 atom stereocenters. The molecular weight excluding hydrogens is 326 g/mol. The van der Waals surface area contributed by atoms with E-state index in [2.05, 4.69) is 0 Å². The molecule has 2 amide bonds. The summed E-state index contributed by atoms with van der Waals surface area (Å²) in [5, 5.41) is 19.7. The van der Waals surface area contributed by atoms with Gasteiger partial charge in [-0.25, -0.2) is 0 Å². The maximum Gasteiger partial charge on any atom is 0.261 e. The maximum atomic E-state index is 12.5. The van der Waals surface area contributed by atoms with Crippen molar-refractivity contribution in [2.45, 2.75) is 0 Å². The standard InChI is InChI=1S/C18H13NO6/c20-8-7-19-16(22)13-6-5-12(9-14(13)17(19)23)15(21)10-1-3-11(4-2-10)18(24)25/h1-6,9,20H,7-8H2,(H,24,25)/p-1. The molecule has 126 valence electrons. The first-order valence-corrected chi connectivity index (χ1v) is 7.41. The molecular formula is C18H12NO6-. The summed E-state index contributed by atoms with van der Waals surface area (Å²) < 4.78 is 0. The van der Waals surface area contributed by atoms with E-state index >= 15 is 0 Å². The number of amides is 2. The van der Waals surface area contributed by atoms with Crippen molar-refractivity contribution in [3.05, 3.63) is 70.3 Å². The quantitative estimate of drug-likeness (QED) is 0.600. The molecule has 0 unspecified atom stereocenters. The fourth-order valence-electron chi connectivity index (χ4n) is 2.66. The monoisotopic (exact) mass is 338 g/mol. The molecule has 0 spiro atoms. The predicted molar refractivity (Wildman–Crippen MR) is 83.1 cm³/mol. The Labute approximate surface area is 142 Å². The van der Waals surface area contributed by atoms with Crippen LogP contribution in [0.25, 0.3) is 0 Å². The van der Waals surface area contributed by atoms with Crippen LogP contribution < -0.4 is 5.11 Å². The van der Waals surface area contributed by atoms with Crippen molar-refractivity contribution >= 4 is 23.6 Å². The van der Waals surface area contributed by atoms with Crippen LogP contribution in [0.4, 0.5) is 0 Å². The molecule has 0 bridgehead atoms. The van der Waals surface area contributed by atoms with E-state index in [1.54, 1.807) is 0 Å². The van der Waals surface area contributed by atoms with E-state index in [0.717, 1.165) is 4.90 Å². The minimum absolute atomic E-state index is 0.0501. The second-order valence-electron chi connectivity index (χ2n) is 5.44. The average molecular weight is 338 g/mol. The lowest BCUT2D eigenvalue weighted by atomic mass is 9.98. The zero-order chi connectivity index (χ0) is 18.1. The van der Waals surface area contributed by atoms with E-state index < -0.39 is 23.6 Å². The van der Waals surface area contributed by atoms with E-state index in [1.165, 1.54) is 42.5 Å². The summed E-state index contributed by atoms with van der Waals surface area (Å²) >= 11 is 0. The van der Waals surface area contributed by atoms with Gasteiger partial charge in [0, 0.05) is 11.1 Å². The zero-order valence-corrected chi connectivity index (χ0v) is 12.9. The van der Waals surface area contributed by atoms with Gasteiger partial charge in [-0.15, -0.1) is 0 Å². The number of carboxylic acids is 1. The molecule has 3 rings (SSSR count). The highest BCUT2D eigenvalue weighted by atomic mass is 16.4. The number of aliphatic hydroxyl groups excluding tert-OH is 1.